The number of nitrogens with zero attached hydrogens (tertiary/aromatic N) is 3. The van der Waals surface area contributed by atoms with Gasteiger partial charge in [0.1, 0.15) is 6.04 Å². The number of imide groups is 1. The van der Waals surface area contributed by atoms with Crippen molar-refractivity contribution >= 4 is 23.4 Å². The maximum atomic E-state index is 12.9. The van der Waals surface area contributed by atoms with E-state index in [1.165, 1.54) is 0 Å². The molecule has 4 rings (SSSR count). The van der Waals surface area contributed by atoms with Crippen molar-refractivity contribution in [1.29, 1.82) is 0 Å². The molecule has 30 heavy (non-hydrogen) atoms. The Morgan fingerprint density at radius 2 is 1.77 bits per heavy atom. The van der Waals surface area contributed by atoms with Gasteiger partial charge in [-0.15, -0.1) is 0 Å². The van der Waals surface area contributed by atoms with E-state index in [0.717, 1.165) is 42.1 Å². The molecule has 0 spiro atoms. The topological polar surface area (TPSA) is 79.4 Å². The van der Waals surface area contributed by atoms with Crippen molar-refractivity contribution in [1.82, 2.24) is 9.80 Å². The number of ether oxygens (including phenoxy) is 2. The number of carbonyl (C=O) groups excluding carboxylic acids is 3. The number of benzene rings is 1. The summed E-state index contributed by atoms with van der Waals surface area (Å²) in [5.74, 6) is -0.483. The standard InChI is InChI=1S/C22H28N3O5/c1-23-19(26)7-6-18(21(23)28)25-13-15-12-16(4-5-17(15)20(25)27)24-10-8-14(9-11-24)22(29-2)30-3/h4-5,12,14,18,22H,1,6-11,13H2,2-3H3. The number of amides is 3. The molecule has 1 aromatic rings. The second kappa shape index (κ2) is 8.35. The molecule has 1 atom stereocenters. The van der Waals surface area contributed by atoms with Crippen LogP contribution in [0.1, 0.15) is 41.6 Å². The predicted octanol–water partition coefficient (Wildman–Crippen LogP) is 1.79. The molecule has 0 bridgehead atoms. The van der Waals surface area contributed by atoms with Crippen LogP contribution in [0.4, 0.5) is 5.69 Å². The third-order valence-corrected chi connectivity index (χ3v) is 6.54. The Labute approximate surface area is 176 Å². The van der Waals surface area contributed by atoms with Crippen LogP contribution in [0.2, 0.25) is 0 Å². The first kappa shape index (κ1) is 20.8. The number of hydrogen-bond donors (Lipinski definition) is 0. The van der Waals surface area contributed by atoms with Crippen LogP contribution in [0.3, 0.4) is 0 Å². The highest BCUT2D eigenvalue weighted by atomic mass is 16.7. The molecule has 1 radical (unpaired) electrons. The molecule has 8 heteroatoms. The van der Waals surface area contributed by atoms with Gasteiger partial charge in [-0.05, 0) is 43.0 Å². The smallest absolute Gasteiger partial charge is 0.255 e. The monoisotopic (exact) mass is 414 g/mol. The van der Waals surface area contributed by atoms with Gasteiger partial charge in [-0.1, -0.05) is 0 Å². The van der Waals surface area contributed by atoms with Gasteiger partial charge in [-0.2, -0.15) is 0 Å². The lowest BCUT2D eigenvalue weighted by Crippen LogP contribution is -2.52. The fourth-order valence-corrected chi connectivity index (χ4v) is 4.80. The zero-order valence-corrected chi connectivity index (χ0v) is 17.5. The Bertz CT molecular complexity index is 845. The minimum absolute atomic E-state index is 0.153. The van der Waals surface area contributed by atoms with Crippen LogP contribution in [0.5, 0.6) is 0 Å². The van der Waals surface area contributed by atoms with Gasteiger partial charge < -0.3 is 19.3 Å². The van der Waals surface area contributed by atoms with Gasteiger partial charge in [-0.25, -0.2) is 0 Å². The molecule has 3 heterocycles. The van der Waals surface area contributed by atoms with E-state index in [9.17, 15) is 14.4 Å². The molecule has 1 unspecified atom stereocenters. The van der Waals surface area contributed by atoms with Crippen LogP contribution in [0.15, 0.2) is 18.2 Å². The van der Waals surface area contributed by atoms with Crippen LogP contribution >= 0.6 is 0 Å². The summed E-state index contributed by atoms with van der Waals surface area (Å²) in [4.78, 5) is 41.9. The van der Waals surface area contributed by atoms with Crippen LogP contribution in [-0.4, -0.2) is 67.2 Å². The molecular formula is C22H28N3O5. The highest BCUT2D eigenvalue weighted by Gasteiger charge is 2.41. The lowest BCUT2D eigenvalue weighted by atomic mass is 9.95. The molecule has 8 nitrogen and oxygen atoms in total. The number of hydrogen-bond acceptors (Lipinski definition) is 6. The number of fused-ring (bicyclic) bond motifs is 1. The van der Waals surface area contributed by atoms with Crippen molar-refractivity contribution in [3.05, 3.63) is 36.4 Å². The summed E-state index contributed by atoms with van der Waals surface area (Å²) < 4.78 is 10.8. The molecule has 161 valence electrons. The number of rotatable bonds is 5. The van der Waals surface area contributed by atoms with Gasteiger partial charge in [0.15, 0.2) is 6.29 Å². The molecule has 0 N–H and O–H groups in total. The minimum Gasteiger partial charge on any atom is -0.372 e. The molecule has 0 aromatic heterocycles. The summed E-state index contributed by atoms with van der Waals surface area (Å²) in [5, 5.41) is 0. The van der Waals surface area contributed by atoms with Crippen molar-refractivity contribution < 1.29 is 23.9 Å². The van der Waals surface area contributed by atoms with E-state index in [1.807, 2.05) is 12.1 Å². The summed E-state index contributed by atoms with van der Waals surface area (Å²) >= 11 is 0. The van der Waals surface area contributed by atoms with E-state index in [2.05, 4.69) is 18.0 Å². The molecule has 2 fully saturated rings. The summed E-state index contributed by atoms with van der Waals surface area (Å²) in [5.41, 5.74) is 2.64. The third-order valence-electron chi connectivity index (χ3n) is 6.54. The van der Waals surface area contributed by atoms with Crippen LogP contribution in [0.25, 0.3) is 0 Å². The normalized spacial score (nSPS) is 23.0. The van der Waals surface area contributed by atoms with Crippen LogP contribution in [-0.2, 0) is 25.6 Å². The molecule has 3 aliphatic heterocycles. The molecular weight excluding hydrogens is 386 g/mol. The summed E-state index contributed by atoms with van der Waals surface area (Å²) in [6, 6.07) is 5.26. The minimum atomic E-state index is -0.626. The number of piperidine rings is 2. The zero-order chi connectivity index (χ0) is 21.4. The van der Waals surface area contributed by atoms with E-state index in [0.29, 0.717) is 24.4 Å². The number of anilines is 1. The first-order valence-corrected chi connectivity index (χ1v) is 10.4. The van der Waals surface area contributed by atoms with Crippen molar-refractivity contribution in [2.24, 2.45) is 5.92 Å². The summed E-state index contributed by atoms with van der Waals surface area (Å²) in [6.45, 7) is 2.17. The lowest BCUT2D eigenvalue weighted by molar-refractivity contribution is -0.148. The number of likely N-dealkylation sites (tertiary alicyclic amines) is 1. The maximum Gasteiger partial charge on any atom is 0.255 e. The van der Waals surface area contributed by atoms with Crippen LogP contribution in [0, 0.1) is 13.0 Å². The fourth-order valence-electron chi connectivity index (χ4n) is 4.80. The Kier molecular flexibility index (Phi) is 5.79. The first-order chi connectivity index (χ1) is 14.4. The molecule has 1 aromatic carbocycles. The van der Waals surface area contributed by atoms with E-state index in [4.69, 9.17) is 9.47 Å². The molecule has 3 amide bonds. The first-order valence-electron chi connectivity index (χ1n) is 10.4. The SMILES string of the molecule is [CH2]N1C(=O)CCC(N2Cc3cc(N4CCC(C(OC)OC)CC4)ccc3C2=O)C1=O. The zero-order valence-electron chi connectivity index (χ0n) is 17.5. The van der Waals surface area contributed by atoms with Gasteiger partial charge in [0.2, 0.25) is 5.91 Å². The van der Waals surface area contributed by atoms with Crippen molar-refractivity contribution in [3.63, 3.8) is 0 Å². The molecule has 3 aliphatic rings. The van der Waals surface area contributed by atoms with Crippen molar-refractivity contribution in [2.45, 2.75) is 44.6 Å². The largest absolute Gasteiger partial charge is 0.372 e. The van der Waals surface area contributed by atoms with Gasteiger partial charge >= 0.3 is 0 Å². The molecule has 0 saturated carbocycles. The van der Waals surface area contributed by atoms with E-state index >= 15 is 0 Å². The van der Waals surface area contributed by atoms with E-state index < -0.39 is 11.9 Å². The highest BCUT2D eigenvalue weighted by Crippen LogP contribution is 2.33. The molecule has 2 saturated heterocycles. The van der Waals surface area contributed by atoms with E-state index in [-0.39, 0.29) is 24.5 Å². The second-order valence-electron chi connectivity index (χ2n) is 8.15. The third kappa shape index (κ3) is 3.58. The summed E-state index contributed by atoms with van der Waals surface area (Å²) in [6.07, 6.45) is 2.34. The molecule has 0 aliphatic carbocycles. The maximum absolute atomic E-state index is 12.9. The average Bonchev–Trinajstić information content (AvgIpc) is 3.09. The second-order valence-corrected chi connectivity index (χ2v) is 8.15. The average molecular weight is 414 g/mol. The van der Waals surface area contributed by atoms with Gasteiger partial charge in [-0.3, -0.25) is 19.3 Å². The highest BCUT2D eigenvalue weighted by molar-refractivity contribution is 6.05. The summed E-state index contributed by atoms with van der Waals surface area (Å²) in [7, 11) is 6.88. The fraction of sp³-hybridized carbons (Fsp3) is 0.545. The lowest BCUT2D eigenvalue weighted by Gasteiger charge is -2.36. The van der Waals surface area contributed by atoms with Crippen LogP contribution < -0.4 is 4.90 Å². The quantitative estimate of drug-likeness (QED) is 0.540. The predicted molar refractivity (Wildman–Crippen MR) is 109 cm³/mol. The number of methoxy groups -OCH3 is 2. The Balaban J connectivity index is 1.45. The van der Waals surface area contributed by atoms with E-state index in [1.54, 1.807) is 19.1 Å². The van der Waals surface area contributed by atoms with Gasteiger partial charge in [0.25, 0.3) is 11.8 Å². The Hall–Kier alpha value is -2.45. The Morgan fingerprint density at radius 3 is 2.43 bits per heavy atom. The Morgan fingerprint density at radius 1 is 1.07 bits per heavy atom. The number of carbonyl (C=O) groups is 3. The van der Waals surface area contributed by atoms with Gasteiger partial charge in [0.05, 0.1) is 0 Å². The van der Waals surface area contributed by atoms with Crippen molar-refractivity contribution in [2.75, 3.05) is 32.2 Å². The van der Waals surface area contributed by atoms with Crippen molar-refractivity contribution in [3.8, 4) is 0 Å². The van der Waals surface area contributed by atoms with Gasteiger partial charge in [0, 0.05) is 64.5 Å².